The van der Waals surface area contributed by atoms with Crippen molar-refractivity contribution in [2.24, 2.45) is 0 Å². The van der Waals surface area contributed by atoms with Crippen molar-refractivity contribution in [3.63, 3.8) is 0 Å². The monoisotopic (exact) mass is 351 g/mol. The van der Waals surface area contributed by atoms with Crippen molar-refractivity contribution >= 4 is 43.4 Å². The number of halogens is 2. The van der Waals surface area contributed by atoms with Crippen LogP contribution in [0.2, 0.25) is 0 Å². The van der Waals surface area contributed by atoms with Crippen LogP contribution >= 0.6 is 31.9 Å². The standard InChI is InChI=1S/C12H7Br2N3/c13-9-2-1-8(6-15)11(5-9)17-12-4-3-10(14)7-16-12/h1-5,7H,(H,16,17). The van der Waals surface area contributed by atoms with Crippen LogP contribution in [-0.2, 0) is 0 Å². The predicted molar refractivity (Wildman–Crippen MR) is 74.1 cm³/mol. The third kappa shape index (κ3) is 3.05. The smallest absolute Gasteiger partial charge is 0.130 e. The molecular formula is C12H7Br2N3. The second-order valence-corrected chi connectivity index (χ2v) is 5.12. The molecule has 2 rings (SSSR count). The summed E-state index contributed by atoms with van der Waals surface area (Å²) in [6, 6.07) is 11.3. The average Bonchev–Trinajstić information content (AvgIpc) is 2.32. The number of nitriles is 1. The van der Waals surface area contributed by atoms with E-state index in [0.717, 1.165) is 14.6 Å². The van der Waals surface area contributed by atoms with Gasteiger partial charge in [0.2, 0.25) is 0 Å². The van der Waals surface area contributed by atoms with Gasteiger partial charge >= 0.3 is 0 Å². The molecule has 17 heavy (non-hydrogen) atoms. The van der Waals surface area contributed by atoms with Crippen molar-refractivity contribution in [3.05, 3.63) is 51.0 Å². The van der Waals surface area contributed by atoms with E-state index in [4.69, 9.17) is 5.26 Å². The van der Waals surface area contributed by atoms with Crippen LogP contribution in [0.4, 0.5) is 11.5 Å². The summed E-state index contributed by atoms with van der Waals surface area (Å²) in [6.45, 7) is 0. The molecule has 1 heterocycles. The van der Waals surface area contributed by atoms with Gasteiger partial charge in [-0.15, -0.1) is 0 Å². The highest BCUT2D eigenvalue weighted by Crippen LogP contribution is 2.24. The minimum Gasteiger partial charge on any atom is -0.339 e. The molecule has 0 bridgehead atoms. The van der Waals surface area contributed by atoms with Crippen LogP contribution in [0, 0.1) is 11.3 Å². The normalized spacial score (nSPS) is 9.71. The van der Waals surface area contributed by atoms with Crippen LogP contribution in [0.3, 0.4) is 0 Å². The van der Waals surface area contributed by atoms with Crippen molar-refractivity contribution in [2.45, 2.75) is 0 Å². The Hall–Kier alpha value is -1.38. The van der Waals surface area contributed by atoms with Gasteiger partial charge in [0.1, 0.15) is 11.9 Å². The Morgan fingerprint density at radius 1 is 1.12 bits per heavy atom. The summed E-state index contributed by atoms with van der Waals surface area (Å²) < 4.78 is 1.83. The molecule has 0 spiro atoms. The summed E-state index contributed by atoms with van der Waals surface area (Å²) in [4.78, 5) is 4.20. The van der Waals surface area contributed by atoms with E-state index in [-0.39, 0.29) is 0 Å². The molecule has 5 heteroatoms. The molecule has 0 aliphatic carbocycles. The minimum absolute atomic E-state index is 0.581. The zero-order chi connectivity index (χ0) is 12.3. The van der Waals surface area contributed by atoms with Gasteiger partial charge in [0.05, 0.1) is 11.3 Å². The van der Waals surface area contributed by atoms with E-state index >= 15 is 0 Å². The molecule has 0 saturated heterocycles. The first-order valence-corrected chi connectivity index (χ1v) is 6.36. The third-order valence-corrected chi connectivity index (χ3v) is 3.05. The first kappa shape index (κ1) is 12.1. The van der Waals surface area contributed by atoms with Crippen molar-refractivity contribution < 1.29 is 0 Å². The SMILES string of the molecule is N#Cc1ccc(Br)cc1Nc1ccc(Br)cn1. The van der Waals surface area contributed by atoms with Crippen molar-refractivity contribution in [1.29, 1.82) is 5.26 Å². The number of nitrogens with one attached hydrogen (secondary N) is 1. The zero-order valence-corrected chi connectivity index (χ0v) is 11.8. The van der Waals surface area contributed by atoms with Crippen LogP contribution in [-0.4, -0.2) is 4.98 Å². The number of aromatic nitrogens is 1. The van der Waals surface area contributed by atoms with Gasteiger partial charge in [-0.3, -0.25) is 0 Å². The van der Waals surface area contributed by atoms with E-state index in [9.17, 15) is 0 Å². The summed E-state index contributed by atoms with van der Waals surface area (Å²) in [6.07, 6.45) is 1.70. The van der Waals surface area contributed by atoms with Crippen molar-refractivity contribution in [3.8, 4) is 6.07 Å². The van der Waals surface area contributed by atoms with Crippen LogP contribution in [0.5, 0.6) is 0 Å². The highest BCUT2D eigenvalue weighted by Gasteiger charge is 2.03. The fraction of sp³-hybridized carbons (Fsp3) is 0. The number of anilines is 2. The highest BCUT2D eigenvalue weighted by atomic mass is 79.9. The van der Waals surface area contributed by atoms with Crippen molar-refractivity contribution in [1.82, 2.24) is 4.98 Å². The van der Waals surface area contributed by atoms with Gasteiger partial charge in [0.15, 0.2) is 0 Å². The van der Waals surface area contributed by atoms with Gasteiger partial charge in [0.25, 0.3) is 0 Å². The molecule has 0 radical (unpaired) electrons. The van der Waals surface area contributed by atoms with Crippen molar-refractivity contribution in [2.75, 3.05) is 5.32 Å². The van der Waals surface area contributed by atoms with E-state index in [0.29, 0.717) is 11.4 Å². The fourth-order valence-corrected chi connectivity index (χ4v) is 1.90. The molecule has 84 valence electrons. The Balaban J connectivity index is 2.32. The number of nitrogens with zero attached hydrogens (tertiary/aromatic N) is 2. The first-order valence-electron chi connectivity index (χ1n) is 4.77. The molecule has 0 aliphatic heterocycles. The lowest BCUT2D eigenvalue weighted by Crippen LogP contribution is -1.95. The van der Waals surface area contributed by atoms with E-state index < -0.39 is 0 Å². The van der Waals surface area contributed by atoms with E-state index in [1.165, 1.54) is 0 Å². The molecule has 3 nitrogen and oxygen atoms in total. The van der Waals surface area contributed by atoms with Gasteiger partial charge in [-0.2, -0.15) is 5.26 Å². The maximum atomic E-state index is 9.00. The maximum Gasteiger partial charge on any atom is 0.130 e. The van der Waals surface area contributed by atoms with E-state index in [1.54, 1.807) is 12.3 Å². The topological polar surface area (TPSA) is 48.7 Å². The lowest BCUT2D eigenvalue weighted by molar-refractivity contribution is 1.29. The first-order chi connectivity index (χ1) is 8.19. The van der Waals surface area contributed by atoms with E-state index in [1.807, 2.05) is 24.3 Å². The lowest BCUT2D eigenvalue weighted by Gasteiger charge is -2.07. The van der Waals surface area contributed by atoms with Crippen LogP contribution in [0.15, 0.2) is 45.5 Å². The van der Waals surface area contributed by atoms with Crippen LogP contribution in [0.1, 0.15) is 5.56 Å². The Kier molecular flexibility index (Phi) is 3.77. The predicted octanol–water partition coefficient (Wildman–Crippen LogP) is 4.22. The molecule has 1 aromatic heterocycles. The number of hydrogen-bond donors (Lipinski definition) is 1. The second-order valence-electron chi connectivity index (χ2n) is 3.29. The Morgan fingerprint density at radius 3 is 2.53 bits per heavy atom. The van der Waals surface area contributed by atoms with E-state index in [2.05, 4.69) is 48.2 Å². The van der Waals surface area contributed by atoms with Gasteiger partial charge in [-0.1, -0.05) is 15.9 Å². The molecule has 1 N–H and O–H groups in total. The second kappa shape index (κ2) is 5.30. The van der Waals surface area contributed by atoms with Gasteiger partial charge in [0, 0.05) is 15.1 Å². The molecule has 1 aromatic carbocycles. The van der Waals surface area contributed by atoms with Crippen LogP contribution < -0.4 is 5.32 Å². The highest BCUT2D eigenvalue weighted by molar-refractivity contribution is 9.10. The summed E-state index contributed by atoms with van der Waals surface area (Å²) in [5.41, 5.74) is 1.31. The molecule has 0 aliphatic rings. The van der Waals surface area contributed by atoms with Crippen LogP contribution in [0.25, 0.3) is 0 Å². The number of pyridine rings is 1. The number of benzene rings is 1. The fourth-order valence-electron chi connectivity index (χ4n) is 1.31. The molecule has 0 amide bonds. The average molecular weight is 353 g/mol. The Bertz CT molecular complexity index is 573. The summed E-state index contributed by atoms with van der Waals surface area (Å²) >= 11 is 6.69. The Morgan fingerprint density at radius 2 is 1.88 bits per heavy atom. The summed E-state index contributed by atoms with van der Waals surface area (Å²) in [5, 5.41) is 12.1. The van der Waals surface area contributed by atoms with Gasteiger partial charge in [-0.25, -0.2) is 4.98 Å². The summed E-state index contributed by atoms with van der Waals surface area (Å²) in [5.74, 6) is 0.697. The molecule has 0 atom stereocenters. The quantitative estimate of drug-likeness (QED) is 0.880. The minimum atomic E-state index is 0.581. The van der Waals surface area contributed by atoms with Gasteiger partial charge in [-0.05, 0) is 46.3 Å². The third-order valence-electron chi connectivity index (χ3n) is 2.09. The molecule has 2 aromatic rings. The molecule has 0 unspecified atom stereocenters. The largest absolute Gasteiger partial charge is 0.339 e. The zero-order valence-electron chi connectivity index (χ0n) is 8.61. The number of hydrogen-bond acceptors (Lipinski definition) is 3. The lowest BCUT2D eigenvalue weighted by atomic mass is 10.2. The maximum absolute atomic E-state index is 9.00. The molecule has 0 fully saturated rings. The molecular weight excluding hydrogens is 346 g/mol. The van der Waals surface area contributed by atoms with Gasteiger partial charge < -0.3 is 5.32 Å². The Labute approximate surface area is 116 Å². The number of rotatable bonds is 2. The summed E-state index contributed by atoms with van der Waals surface area (Å²) in [7, 11) is 0. The molecule has 0 saturated carbocycles.